The zero-order chi connectivity index (χ0) is 18.6. The zero-order valence-electron chi connectivity index (χ0n) is 15.0. The van der Waals surface area contributed by atoms with Gasteiger partial charge in [0.25, 0.3) is 0 Å². The lowest BCUT2D eigenvalue weighted by Crippen LogP contribution is -2.42. The maximum absolute atomic E-state index is 13.6. The molecule has 0 aliphatic heterocycles. The highest BCUT2D eigenvalue weighted by molar-refractivity contribution is 5.75. The number of halogens is 1. The van der Waals surface area contributed by atoms with Crippen LogP contribution in [0.2, 0.25) is 0 Å². The Morgan fingerprint density at radius 3 is 2.50 bits per heavy atom. The number of methoxy groups -OCH3 is 2. The fraction of sp³-hybridized carbons (Fsp3) is 0.350. The summed E-state index contributed by atoms with van der Waals surface area (Å²) in [5.74, 6) is 1.04. The van der Waals surface area contributed by atoms with Gasteiger partial charge in [0.05, 0.1) is 19.8 Å². The molecule has 2 amide bonds. The zero-order valence-corrected chi connectivity index (χ0v) is 15.0. The molecule has 0 atom stereocenters. The summed E-state index contributed by atoms with van der Waals surface area (Å²) in [6.45, 7) is 0.370. The third kappa shape index (κ3) is 3.90. The largest absolute Gasteiger partial charge is 0.493 e. The summed E-state index contributed by atoms with van der Waals surface area (Å²) < 4.78 is 24.2. The van der Waals surface area contributed by atoms with Crippen molar-refractivity contribution in [2.24, 2.45) is 0 Å². The molecular weight excluding hydrogens is 335 g/mol. The van der Waals surface area contributed by atoms with Crippen LogP contribution in [0, 0.1) is 5.82 Å². The van der Waals surface area contributed by atoms with Crippen LogP contribution >= 0.6 is 0 Å². The Bertz CT molecular complexity index is 790. The first-order valence-electron chi connectivity index (χ1n) is 8.60. The van der Waals surface area contributed by atoms with E-state index in [1.807, 2.05) is 18.2 Å². The molecule has 0 aromatic heterocycles. The van der Waals surface area contributed by atoms with Crippen LogP contribution in [0.25, 0.3) is 0 Å². The van der Waals surface area contributed by atoms with Gasteiger partial charge in [-0.05, 0) is 48.6 Å². The number of carbonyl (C=O) groups is 1. The lowest BCUT2D eigenvalue weighted by atomic mass is 10.0. The Morgan fingerprint density at radius 2 is 1.85 bits per heavy atom. The smallest absolute Gasteiger partial charge is 0.315 e. The molecule has 0 bridgehead atoms. The SMILES string of the molecule is COc1ccc(C2(NC(=O)NCCc3ccccc3F)CC2)cc1OC. The molecule has 26 heavy (non-hydrogen) atoms. The number of hydrogen-bond acceptors (Lipinski definition) is 3. The molecule has 1 fully saturated rings. The predicted molar refractivity (Wildman–Crippen MR) is 97.1 cm³/mol. The van der Waals surface area contributed by atoms with Crippen molar-refractivity contribution in [3.63, 3.8) is 0 Å². The van der Waals surface area contributed by atoms with E-state index in [0.717, 1.165) is 18.4 Å². The molecule has 5 nitrogen and oxygen atoms in total. The number of carbonyl (C=O) groups excluding carboxylic acids is 1. The van der Waals surface area contributed by atoms with Crippen LogP contribution in [0.15, 0.2) is 42.5 Å². The van der Waals surface area contributed by atoms with Gasteiger partial charge in [0, 0.05) is 6.54 Å². The van der Waals surface area contributed by atoms with Gasteiger partial charge in [-0.25, -0.2) is 9.18 Å². The number of benzene rings is 2. The molecular formula is C20H23FN2O3. The summed E-state index contributed by atoms with van der Waals surface area (Å²) in [5.41, 5.74) is 1.20. The van der Waals surface area contributed by atoms with E-state index in [1.165, 1.54) is 6.07 Å². The van der Waals surface area contributed by atoms with Crippen molar-refractivity contribution in [1.82, 2.24) is 10.6 Å². The first-order valence-corrected chi connectivity index (χ1v) is 8.60. The monoisotopic (exact) mass is 358 g/mol. The van der Waals surface area contributed by atoms with E-state index < -0.39 is 0 Å². The fourth-order valence-electron chi connectivity index (χ4n) is 3.02. The number of amides is 2. The molecule has 2 aromatic carbocycles. The maximum Gasteiger partial charge on any atom is 0.315 e. The first kappa shape index (κ1) is 18.0. The van der Waals surface area contributed by atoms with Gasteiger partial charge >= 0.3 is 6.03 Å². The van der Waals surface area contributed by atoms with Crippen LogP contribution in [-0.4, -0.2) is 26.8 Å². The van der Waals surface area contributed by atoms with E-state index in [1.54, 1.807) is 32.4 Å². The molecule has 1 aliphatic carbocycles. The van der Waals surface area contributed by atoms with E-state index in [2.05, 4.69) is 10.6 Å². The quantitative estimate of drug-likeness (QED) is 0.798. The van der Waals surface area contributed by atoms with E-state index in [4.69, 9.17) is 9.47 Å². The molecule has 6 heteroatoms. The molecule has 0 spiro atoms. The fourth-order valence-corrected chi connectivity index (χ4v) is 3.02. The Labute approximate surface area is 152 Å². The topological polar surface area (TPSA) is 59.6 Å². The van der Waals surface area contributed by atoms with Gasteiger partial charge < -0.3 is 20.1 Å². The van der Waals surface area contributed by atoms with Gasteiger partial charge in [0.2, 0.25) is 0 Å². The second kappa shape index (κ2) is 7.64. The number of urea groups is 1. The lowest BCUT2D eigenvalue weighted by Gasteiger charge is -2.20. The van der Waals surface area contributed by atoms with E-state index in [0.29, 0.717) is 30.0 Å². The summed E-state index contributed by atoms with van der Waals surface area (Å²) in [4.78, 5) is 12.3. The number of nitrogens with one attached hydrogen (secondary N) is 2. The Morgan fingerprint density at radius 1 is 1.12 bits per heavy atom. The summed E-state index contributed by atoms with van der Waals surface area (Å²) in [5, 5.41) is 5.84. The second-order valence-corrected chi connectivity index (χ2v) is 6.37. The molecule has 0 radical (unpaired) electrons. The molecule has 3 rings (SSSR count). The van der Waals surface area contributed by atoms with Crippen molar-refractivity contribution in [2.75, 3.05) is 20.8 Å². The van der Waals surface area contributed by atoms with Crippen LogP contribution in [-0.2, 0) is 12.0 Å². The Kier molecular flexibility index (Phi) is 5.30. The van der Waals surface area contributed by atoms with Crippen LogP contribution < -0.4 is 20.1 Å². The van der Waals surface area contributed by atoms with Crippen molar-refractivity contribution in [3.05, 3.63) is 59.4 Å². The molecule has 1 aliphatic rings. The summed E-state index contributed by atoms with van der Waals surface area (Å²) in [7, 11) is 3.18. The molecule has 0 heterocycles. The lowest BCUT2D eigenvalue weighted by molar-refractivity contribution is 0.236. The highest BCUT2D eigenvalue weighted by atomic mass is 19.1. The molecule has 2 N–H and O–H groups in total. The van der Waals surface area contributed by atoms with Gasteiger partial charge in [-0.3, -0.25) is 0 Å². The molecule has 0 saturated heterocycles. The number of hydrogen-bond donors (Lipinski definition) is 2. The third-order valence-corrected chi connectivity index (χ3v) is 4.68. The van der Waals surface area contributed by atoms with E-state index >= 15 is 0 Å². The summed E-state index contributed by atoms with van der Waals surface area (Å²) >= 11 is 0. The van der Waals surface area contributed by atoms with Gasteiger partial charge in [0.15, 0.2) is 11.5 Å². The highest BCUT2D eigenvalue weighted by Crippen LogP contribution is 2.47. The van der Waals surface area contributed by atoms with Crippen molar-refractivity contribution < 1.29 is 18.7 Å². The minimum absolute atomic E-state index is 0.251. The standard InChI is InChI=1S/C20H23FN2O3/c1-25-17-8-7-15(13-18(17)26-2)20(10-11-20)23-19(24)22-12-9-14-5-3-4-6-16(14)21/h3-8,13H,9-12H2,1-2H3,(H2,22,23,24). The number of ether oxygens (including phenoxy) is 2. The normalized spacial score (nSPS) is 14.4. The maximum atomic E-state index is 13.6. The minimum Gasteiger partial charge on any atom is -0.493 e. The summed E-state index contributed by atoms with van der Waals surface area (Å²) in [6.07, 6.45) is 2.18. The van der Waals surface area contributed by atoms with Crippen LogP contribution in [0.3, 0.4) is 0 Å². The molecule has 138 valence electrons. The molecule has 2 aromatic rings. The van der Waals surface area contributed by atoms with Crippen LogP contribution in [0.5, 0.6) is 11.5 Å². The van der Waals surface area contributed by atoms with Crippen LogP contribution in [0.1, 0.15) is 24.0 Å². The average Bonchev–Trinajstić information content (AvgIpc) is 3.43. The highest BCUT2D eigenvalue weighted by Gasteiger charge is 2.46. The van der Waals surface area contributed by atoms with Crippen molar-refractivity contribution in [3.8, 4) is 11.5 Å². The van der Waals surface area contributed by atoms with Gasteiger partial charge in [-0.2, -0.15) is 0 Å². The molecule has 0 unspecified atom stereocenters. The van der Waals surface area contributed by atoms with Gasteiger partial charge in [-0.15, -0.1) is 0 Å². The van der Waals surface area contributed by atoms with Gasteiger partial charge in [-0.1, -0.05) is 24.3 Å². The summed E-state index contributed by atoms with van der Waals surface area (Å²) in [6, 6.07) is 12.0. The Balaban J connectivity index is 1.58. The molecule has 1 saturated carbocycles. The first-order chi connectivity index (χ1) is 12.6. The predicted octanol–water partition coefficient (Wildman–Crippen LogP) is 3.37. The van der Waals surface area contributed by atoms with Gasteiger partial charge in [0.1, 0.15) is 5.82 Å². The third-order valence-electron chi connectivity index (χ3n) is 4.68. The van der Waals surface area contributed by atoms with Crippen molar-refractivity contribution in [2.45, 2.75) is 24.8 Å². The number of rotatable bonds is 7. The van der Waals surface area contributed by atoms with Crippen LogP contribution in [0.4, 0.5) is 9.18 Å². The van der Waals surface area contributed by atoms with E-state index in [9.17, 15) is 9.18 Å². The van der Waals surface area contributed by atoms with E-state index in [-0.39, 0.29) is 17.4 Å². The average molecular weight is 358 g/mol. The second-order valence-electron chi connectivity index (χ2n) is 6.37. The minimum atomic E-state index is -0.373. The van der Waals surface area contributed by atoms with Crippen molar-refractivity contribution in [1.29, 1.82) is 0 Å². The van der Waals surface area contributed by atoms with Crippen molar-refractivity contribution >= 4 is 6.03 Å². The Hall–Kier alpha value is -2.76.